The lowest BCUT2D eigenvalue weighted by atomic mass is 10.1. The second-order valence-electron chi connectivity index (χ2n) is 6.17. The zero-order valence-electron chi connectivity index (χ0n) is 15.4. The van der Waals surface area contributed by atoms with Crippen LogP contribution in [-0.4, -0.2) is 22.4 Å². The van der Waals surface area contributed by atoms with Gasteiger partial charge in [0.2, 0.25) is 0 Å². The Morgan fingerprint density at radius 1 is 0.933 bits per heavy atom. The van der Waals surface area contributed by atoms with Crippen LogP contribution in [0.4, 0.5) is 26.3 Å². The molecule has 0 unspecified atom stereocenters. The minimum absolute atomic E-state index is 0.0556. The number of alkyl halides is 6. The van der Waals surface area contributed by atoms with Gasteiger partial charge in [-0.1, -0.05) is 12.1 Å². The summed E-state index contributed by atoms with van der Waals surface area (Å²) in [5, 5.41) is 3.56. The number of esters is 1. The lowest BCUT2D eigenvalue weighted by molar-refractivity contribution is -0.141. The molecular weight excluding hydrogens is 414 g/mol. The van der Waals surface area contributed by atoms with Gasteiger partial charge in [0.15, 0.2) is 5.69 Å². The van der Waals surface area contributed by atoms with Crippen molar-refractivity contribution in [3.63, 3.8) is 0 Å². The maximum atomic E-state index is 13.2. The Morgan fingerprint density at radius 3 is 2.03 bits per heavy atom. The van der Waals surface area contributed by atoms with Crippen LogP contribution >= 0.6 is 0 Å². The Hall–Kier alpha value is -3.30. The SMILES string of the molecule is CCOC(=O)c1ccc(-n2nc(C(F)(F)F)cc2-c2ccc(C(F)(F)F)cc2)cc1. The lowest BCUT2D eigenvalue weighted by Crippen LogP contribution is -2.08. The third kappa shape index (κ3) is 4.47. The minimum atomic E-state index is -4.75. The normalized spacial score (nSPS) is 12.1. The number of nitrogens with zero attached hydrogens (tertiary/aromatic N) is 2. The summed E-state index contributed by atoms with van der Waals surface area (Å²) in [6.45, 7) is 1.79. The first kappa shape index (κ1) is 21.4. The van der Waals surface area contributed by atoms with E-state index in [1.807, 2.05) is 0 Å². The lowest BCUT2D eigenvalue weighted by Gasteiger charge is -2.10. The maximum Gasteiger partial charge on any atom is 0.435 e. The van der Waals surface area contributed by atoms with Gasteiger partial charge in [0.25, 0.3) is 0 Å². The topological polar surface area (TPSA) is 44.1 Å². The van der Waals surface area contributed by atoms with Crippen LogP contribution in [0.3, 0.4) is 0 Å². The standard InChI is InChI=1S/C20H14F6N2O2/c1-2-30-18(29)13-5-9-15(10-6-13)28-16(11-17(27-28)20(24,25)26)12-3-7-14(8-4-12)19(21,22)23/h3-11H,2H2,1H3. The third-order valence-electron chi connectivity index (χ3n) is 4.13. The van der Waals surface area contributed by atoms with Crippen molar-refractivity contribution in [2.75, 3.05) is 6.61 Å². The molecule has 30 heavy (non-hydrogen) atoms. The highest BCUT2D eigenvalue weighted by Gasteiger charge is 2.35. The van der Waals surface area contributed by atoms with E-state index in [9.17, 15) is 31.1 Å². The van der Waals surface area contributed by atoms with Crippen molar-refractivity contribution < 1.29 is 35.9 Å². The molecule has 0 N–H and O–H groups in total. The first-order valence-corrected chi connectivity index (χ1v) is 8.63. The van der Waals surface area contributed by atoms with Gasteiger partial charge in [0.1, 0.15) is 0 Å². The van der Waals surface area contributed by atoms with Gasteiger partial charge in [-0.05, 0) is 49.4 Å². The highest BCUT2D eigenvalue weighted by Crippen LogP contribution is 2.35. The molecule has 4 nitrogen and oxygen atoms in total. The first-order chi connectivity index (χ1) is 14.0. The minimum Gasteiger partial charge on any atom is -0.462 e. The molecule has 3 aromatic rings. The molecule has 2 aromatic carbocycles. The van der Waals surface area contributed by atoms with Crippen LogP contribution < -0.4 is 0 Å². The van der Waals surface area contributed by atoms with Crippen molar-refractivity contribution in [2.45, 2.75) is 19.3 Å². The number of ether oxygens (including phenoxy) is 1. The van der Waals surface area contributed by atoms with Gasteiger partial charge in [-0.2, -0.15) is 31.4 Å². The molecule has 0 aliphatic rings. The van der Waals surface area contributed by atoms with Crippen molar-refractivity contribution >= 4 is 5.97 Å². The van der Waals surface area contributed by atoms with E-state index in [2.05, 4.69) is 5.10 Å². The van der Waals surface area contributed by atoms with Gasteiger partial charge in [0.05, 0.1) is 29.1 Å². The fourth-order valence-electron chi connectivity index (χ4n) is 2.71. The Bertz CT molecular complexity index is 1040. The highest BCUT2D eigenvalue weighted by atomic mass is 19.4. The van der Waals surface area contributed by atoms with Gasteiger partial charge in [-0.3, -0.25) is 0 Å². The number of hydrogen-bond acceptors (Lipinski definition) is 3. The van der Waals surface area contributed by atoms with E-state index in [4.69, 9.17) is 4.74 Å². The van der Waals surface area contributed by atoms with Gasteiger partial charge in [-0.25, -0.2) is 9.48 Å². The molecule has 0 saturated carbocycles. The molecule has 0 aliphatic heterocycles. The van der Waals surface area contributed by atoms with Crippen LogP contribution in [0, 0.1) is 0 Å². The summed E-state index contributed by atoms with van der Waals surface area (Å²) in [7, 11) is 0. The van der Waals surface area contributed by atoms with Crippen molar-refractivity contribution in [1.29, 1.82) is 0 Å². The summed E-state index contributed by atoms with van der Waals surface area (Å²) in [5.41, 5.74) is -1.69. The zero-order chi connectivity index (χ0) is 22.1. The second-order valence-corrected chi connectivity index (χ2v) is 6.17. The molecular formula is C20H14F6N2O2. The fraction of sp³-hybridized carbons (Fsp3) is 0.200. The van der Waals surface area contributed by atoms with E-state index >= 15 is 0 Å². The van der Waals surface area contributed by atoms with E-state index in [-0.39, 0.29) is 29.1 Å². The number of benzene rings is 2. The number of carbonyl (C=O) groups excluding carboxylic acids is 1. The highest BCUT2D eigenvalue weighted by molar-refractivity contribution is 5.89. The van der Waals surface area contributed by atoms with Gasteiger partial charge < -0.3 is 4.74 Å². The molecule has 1 heterocycles. The average Bonchev–Trinajstić information content (AvgIpc) is 3.14. The zero-order valence-corrected chi connectivity index (χ0v) is 15.4. The van der Waals surface area contributed by atoms with Crippen LogP contribution in [0.1, 0.15) is 28.5 Å². The Balaban J connectivity index is 2.06. The van der Waals surface area contributed by atoms with Gasteiger partial charge >= 0.3 is 18.3 Å². The van der Waals surface area contributed by atoms with Gasteiger partial charge in [-0.15, -0.1) is 0 Å². The molecule has 0 bridgehead atoms. The number of rotatable bonds is 4. The largest absolute Gasteiger partial charge is 0.462 e. The summed E-state index contributed by atoms with van der Waals surface area (Å²) < 4.78 is 83.8. The van der Waals surface area contributed by atoms with Crippen molar-refractivity contribution in [3.05, 3.63) is 71.4 Å². The molecule has 0 saturated heterocycles. The van der Waals surface area contributed by atoms with E-state index in [1.165, 1.54) is 24.3 Å². The number of halogens is 6. The summed E-state index contributed by atoms with van der Waals surface area (Å²) in [5.74, 6) is -0.594. The molecule has 1 aromatic heterocycles. The molecule has 0 atom stereocenters. The van der Waals surface area contributed by atoms with Crippen LogP contribution in [0.15, 0.2) is 54.6 Å². The summed E-state index contributed by atoms with van der Waals surface area (Å²) >= 11 is 0. The second kappa shape index (κ2) is 7.85. The van der Waals surface area contributed by atoms with E-state index in [0.29, 0.717) is 0 Å². The van der Waals surface area contributed by atoms with Crippen LogP contribution in [0.25, 0.3) is 16.9 Å². The molecule has 0 fully saturated rings. The van der Waals surface area contributed by atoms with Crippen LogP contribution in [-0.2, 0) is 17.1 Å². The Morgan fingerprint density at radius 2 is 1.53 bits per heavy atom. The maximum absolute atomic E-state index is 13.2. The van der Waals surface area contributed by atoms with E-state index in [1.54, 1.807) is 6.92 Å². The Labute approximate surface area is 166 Å². The molecule has 0 radical (unpaired) electrons. The summed E-state index contributed by atoms with van der Waals surface area (Å²) in [4.78, 5) is 11.7. The molecule has 10 heteroatoms. The predicted molar refractivity (Wildman–Crippen MR) is 95.0 cm³/mol. The van der Waals surface area contributed by atoms with Crippen molar-refractivity contribution in [1.82, 2.24) is 9.78 Å². The van der Waals surface area contributed by atoms with Gasteiger partial charge in [0, 0.05) is 5.56 Å². The average molecular weight is 428 g/mol. The fourth-order valence-corrected chi connectivity index (χ4v) is 2.71. The van der Waals surface area contributed by atoms with Crippen LogP contribution in [0.2, 0.25) is 0 Å². The number of hydrogen-bond donors (Lipinski definition) is 0. The summed E-state index contributed by atoms with van der Waals surface area (Å²) in [6.07, 6.45) is -9.32. The van der Waals surface area contributed by atoms with E-state index < -0.39 is 29.6 Å². The molecule has 0 aliphatic carbocycles. The molecule has 3 rings (SSSR count). The molecule has 0 amide bonds. The molecule has 0 spiro atoms. The summed E-state index contributed by atoms with van der Waals surface area (Å²) in [6, 6.07) is 9.92. The van der Waals surface area contributed by atoms with Crippen molar-refractivity contribution in [2.24, 2.45) is 0 Å². The van der Waals surface area contributed by atoms with Crippen LogP contribution in [0.5, 0.6) is 0 Å². The Kier molecular flexibility index (Phi) is 5.60. The third-order valence-corrected chi connectivity index (χ3v) is 4.13. The smallest absolute Gasteiger partial charge is 0.435 e. The predicted octanol–water partition coefficient (Wildman–Crippen LogP) is 5.75. The first-order valence-electron chi connectivity index (χ1n) is 8.63. The van der Waals surface area contributed by atoms with Crippen molar-refractivity contribution in [3.8, 4) is 16.9 Å². The molecule has 158 valence electrons. The monoisotopic (exact) mass is 428 g/mol. The number of carbonyl (C=O) groups is 1. The van der Waals surface area contributed by atoms with E-state index in [0.717, 1.165) is 35.0 Å². The quantitative estimate of drug-likeness (QED) is 0.393. The number of aromatic nitrogens is 2.